The number of Topliss-reactive ketones (excluding diaryl/α,β-unsaturated/α-hetero) is 1. The lowest BCUT2D eigenvalue weighted by atomic mass is 9.96. The molecule has 3 heteroatoms. The average molecular weight is 200 g/mol. The molecule has 0 fully saturated rings. The second-order valence-corrected chi connectivity index (χ2v) is 4.05. The third kappa shape index (κ3) is 5.73. The van der Waals surface area contributed by atoms with E-state index in [1.807, 2.05) is 20.8 Å². The minimum absolute atomic E-state index is 0.0975. The Bertz CT molecular complexity index is 197. The summed E-state index contributed by atoms with van der Waals surface area (Å²) < 4.78 is 4.55. The molecule has 0 aromatic heterocycles. The van der Waals surface area contributed by atoms with Crippen LogP contribution in [0.4, 0.5) is 0 Å². The Balaban J connectivity index is 3.68. The molecule has 0 aromatic carbocycles. The fraction of sp³-hybridized carbons (Fsp3) is 0.818. The van der Waals surface area contributed by atoms with Crippen molar-refractivity contribution in [1.82, 2.24) is 0 Å². The molecule has 0 N–H and O–H groups in total. The van der Waals surface area contributed by atoms with Gasteiger partial charge in [0.2, 0.25) is 0 Å². The van der Waals surface area contributed by atoms with Crippen molar-refractivity contribution in [3.8, 4) is 0 Å². The van der Waals surface area contributed by atoms with Gasteiger partial charge in [0, 0.05) is 18.8 Å². The van der Waals surface area contributed by atoms with Crippen LogP contribution in [0.1, 0.15) is 40.0 Å². The van der Waals surface area contributed by atoms with Crippen molar-refractivity contribution < 1.29 is 14.3 Å². The van der Waals surface area contributed by atoms with Gasteiger partial charge in [-0.15, -0.1) is 0 Å². The molecule has 0 heterocycles. The third-order valence-electron chi connectivity index (χ3n) is 2.27. The van der Waals surface area contributed by atoms with Crippen LogP contribution in [-0.2, 0) is 14.3 Å². The molecule has 0 amide bonds. The van der Waals surface area contributed by atoms with Gasteiger partial charge in [0.05, 0.1) is 7.11 Å². The standard InChI is InChI=1S/C11H20O3/c1-8(2)10(12)6-5-9(3)7-11(13)14-4/h8-9H,5-7H2,1-4H3/t9-/m1/s1. The van der Waals surface area contributed by atoms with Crippen molar-refractivity contribution in [2.75, 3.05) is 7.11 Å². The fourth-order valence-electron chi connectivity index (χ4n) is 1.15. The van der Waals surface area contributed by atoms with Gasteiger partial charge < -0.3 is 4.74 Å². The SMILES string of the molecule is COC(=O)C[C@H](C)CCC(=O)C(C)C. The maximum absolute atomic E-state index is 11.3. The lowest BCUT2D eigenvalue weighted by Gasteiger charge is -2.10. The number of carbonyl (C=O) groups excluding carboxylic acids is 2. The van der Waals surface area contributed by atoms with E-state index in [1.165, 1.54) is 7.11 Å². The normalized spacial score (nSPS) is 12.6. The van der Waals surface area contributed by atoms with Crippen molar-refractivity contribution in [3.05, 3.63) is 0 Å². The highest BCUT2D eigenvalue weighted by Gasteiger charge is 2.12. The molecule has 82 valence electrons. The molecule has 0 bridgehead atoms. The molecule has 0 saturated heterocycles. The van der Waals surface area contributed by atoms with Crippen molar-refractivity contribution in [2.45, 2.75) is 40.0 Å². The number of hydrogen-bond donors (Lipinski definition) is 0. The third-order valence-corrected chi connectivity index (χ3v) is 2.27. The zero-order valence-electron chi connectivity index (χ0n) is 9.50. The average Bonchev–Trinajstić information content (AvgIpc) is 2.13. The van der Waals surface area contributed by atoms with Crippen LogP contribution in [0.3, 0.4) is 0 Å². The van der Waals surface area contributed by atoms with E-state index in [2.05, 4.69) is 4.74 Å². The monoisotopic (exact) mass is 200 g/mol. The first-order chi connectivity index (χ1) is 6.47. The number of rotatable bonds is 6. The van der Waals surface area contributed by atoms with E-state index in [4.69, 9.17) is 0 Å². The van der Waals surface area contributed by atoms with E-state index in [-0.39, 0.29) is 23.6 Å². The largest absolute Gasteiger partial charge is 0.469 e. The molecule has 0 unspecified atom stereocenters. The zero-order valence-corrected chi connectivity index (χ0v) is 9.50. The van der Waals surface area contributed by atoms with E-state index in [9.17, 15) is 9.59 Å². The van der Waals surface area contributed by atoms with Gasteiger partial charge in [-0.1, -0.05) is 20.8 Å². The molecule has 3 nitrogen and oxygen atoms in total. The second-order valence-electron chi connectivity index (χ2n) is 4.05. The Kier molecular flexibility index (Phi) is 6.17. The Hall–Kier alpha value is -0.860. The van der Waals surface area contributed by atoms with Crippen LogP contribution in [0.2, 0.25) is 0 Å². The van der Waals surface area contributed by atoms with Gasteiger partial charge in [0.25, 0.3) is 0 Å². The minimum Gasteiger partial charge on any atom is -0.469 e. The Morgan fingerprint density at radius 1 is 1.21 bits per heavy atom. The summed E-state index contributed by atoms with van der Waals surface area (Å²) in [5.41, 5.74) is 0. The fourth-order valence-corrected chi connectivity index (χ4v) is 1.15. The Morgan fingerprint density at radius 2 is 1.79 bits per heavy atom. The van der Waals surface area contributed by atoms with Crippen molar-refractivity contribution in [1.29, 1.82) is 0 Å². The topological polar surface area (TPSA) is 43.4 Å². The molecule has 0 aliphatic heterocycles. The first-order valence-corrected chi connectivity index (χ1v) is 5.06. The maximum atomic E-state index is 11.3. The molecule has 0 aromatic rings. The van der Waals surface area contributed by atoms with Crippen LogP contribution in [0.5, 0.6) is 0 Å². The van der Waals surface area contributed by atoms with Gasteiger partial charge >= 0.3 is 5.97 Å². The van der Waals surface area contributed by atoms with Gasteiger partial charge in [0.1, 0.15) is 5.78 Å². The predicted molar refractivity (Wildman–Crippen MR) is 54.9 cm³/mol. The minimum atomic E-state index is -0.200. The molecule has 0 rings (SSSR count). The van der Waals surface area contributed by atoms with Crippen LogP contribution in [0.15, 0.2) is 0 Å². The number of hydrogen-bond acceptors (Lipinski definition) is 3. The lowest BCUT2D eigenvalue weighted by Crippen LogP contribution is -2.11. The number of ketones is 1. The van der Waals surface area contributed by atoms with Gasteiger partial charge in [-0.2, -0.15) is 0 Å². The van der Waals surface area contributed by atoms with E-state index >= 15 is 0 Å². The Morgan fingerprint density at radius 3 is 2.21 bits per heavy atom. The van der Waals surface area contributed by atoms with Gasteiger partial charge in [-0.3, -0.25) is 9.59 Å². The highest BCUT2D eigenvalue weighted by molar-refractivity contribution is 5.80. The molecule has 0 aliphatic rings. The quantitative estimate of drug-likeness (QED) is 0.617. The summed E-state index contributed by atoms with van der Waals surface area (Å²) in [5.74, 6) is 0.390. The van der Waals surface area contributed by atoms with Crippen molar-refractivity contribution in [2.24, 2.45) is 11.8 Å². The van der Waals surface area contributed by atoms with Crippen LogP contribution >= 0.6 is 0 Å². The summed E-state index contributed by atoms with van der Waals surface area (Å²) in [7, 11) is 1.38. The van der Waals surface area contributed by atoms with E-state index in [1.54, 1.807) is 0 Å². The van der Waals surface area contributed by atoms with E-state index < -0.39 is 0 Å². The van der Waals surface area contributed by atoms with Crippen LogP contribution in [0, 0.1) is 11.8 Å². The van der Waals surface area contributed by atoms with Gasteiger partial charge in [-0.05, 0) is 12.3 Å². The van der Waals surface area contributed by atoms with Crippen molar-refractivity contribution >= 4 is 11.8 Å². The highest BCUT2D eigenvalue weighted by atomic mass is 16.5. The van der Waals surface area contributed by atoms with Gasteiger partial charge in [0.15, 0.2) is 0 Å². The number of carbonyl (C=O) groups is 2. The molecule has 0 aliphatic carbocycles. The van der Waals surface area contributed by atoms with Crippen LogP contribution in [-0.4, -0.2) is 18.9 Å². The molecule has 0 radical (unpaired) electrons. The first kappa shape index (κ1) is 13.1. The van der Waals surface area contributed by atoms with Crippen LogP contribution < -0.4 is 0 Å². The zero-order chi connectivity index (χ0) is 11.1. The molecule has 1 atom stereocenters. The molecular weight excluding hydrogens is 180 g/mol. The highest BCUT2D eigenvalue weighted by Crippen LogP contribution is 2.13. The Labute approximate surface area is 85.8 Å². The summed E-state index contributed by atoms with van der Waals surface area (Å²) >= 11 is 0. The number of ether oxygens (including phenoxy) is 1. The summed E-state index contributed by atoms with van der Waals surface area (Å²) in [4.78, 5) is 22.2. The summed E-state index contributed by atoms with van der Waals surface area (Å²) in [6.45, 7) is 5.76. The molecular formula is C11H20O3. The summed E-state index contributed by atoms with van der Waals surface area (Å²) in [5, 5.41) is 0. The van der Waals surface area contributed by atoms with Gasteiger partial charge in [-0.25, -0.2) is 0 Å². The molecule has 14 heavy (non-hydrogen) atoms. The predicted octanol–water partition coefficient (Wildman–Crippen LogP) is 2.19. The van der Waals surface area contributed by atoms with E-state index in [0.717, 1.165) is 6.42 Å². The smallest absolute Gasteiger partial charge is 0.305 e. The van der Waals surface area contributed by atoms with E-state index in [0.29, 0.717) is 12.8 Å². The second kappa shape index (κ2) is 6.57. The van der Waals surface area contributed by atoms with Crippen LogP contribution in [0.25, 0.3) is 0 Å². The number of esters is 1. The van der Waals surface area contributed by atoms with Crippen molar-refractivity contribution in [3.63, 3.8) is 0 Å². The first-order valence-electron chi connectivity index (χ1n) is 5.06. The maximum Gasteiger partial charge on any atom is 0.305 e. The lowest BCUT2D eigenvalue weighted by molar-refractivity contribution is -0.141. The summed E-state index contributed by atoms with van der Waals surface area (Å²) in [6, 6.07) is 0. The number of methoxy groups -OCH3 is 1. The molecule has 0 spiro atoms. The summed E-state index contributed by atoms with van der Waals surface area (Å²) in [6.07, 6.45) is 1.74. The molecule has 0 saturated carbocycles.